The van der Waals surface area contributed by atoms with Crippen molar-refractivity contribution in [2.75, 3.05) is 12.8 Å². The van der Waals surface area contributed by atoms with Crippen molar-refractivity contribution in [3.63, 3.8) is 0 Å². The van der Waals surface area contributed by atoms with Gasteiger partial charge in [-0.2, -0.15) is 9.61 Å². The van der Waals surface area contributed by atoms with Crippen LogP contribution in [0.1, 0.15) is 23.7 Å². The SMILES string of the molecule is CCc1ccccc1Cc1cc2c3cccc(OC)c3nc(N)n2n1. The van der Waals surface area contributed by atoms with Crippen LogP contribution in [0, 0.1) is 0 Å². The molecule has 126 valence electrons. The molecule has 4 rings (SSSR count). The molecule has 0 aliphatic rings. The fourth-order valence-electron chi connectivity index (χ4n) is 3.32. The van der Waals surface area contributed by atoms with Crippen molar-refractivity contribution >= 4 is 22.4 Å². The molecule has 0 saturated carbocycles. The van der Waals surface area contributed by atoms with E-state index in [-0.39, 0.29) is 0 Å². The number of anilines is 1. The molecule has 0 fully saturated rings. The molecular formula is C20H20N4O. The van der Waals surface area contributed by atoms with Crippen LogP contribution in [0.2, 0.25) is 0 Å². The number of para-hydroxylation sites is 1. The van der Waals surface area contributed by atoms with Gasteiger partial charge in [-0.15, -0.1) is 0 Å². The molecular weight excluding hydrogens is 312 g/mol. The van der Waals surface area contributed by atoms with Crippen LogP contribution in [0.5, 0.6) is 5.75 Å². The Labute approximate surface area is 146 Å². The highest BCUT2D eigenvalue weighted by molar-refractivity contribution is 5.97. The Morgan fingerprint density at radius 3 is 2.64 bits per heavy atom. The number of aryl methyl sites for hydroxylation is 1. The molecule has 0 aliphatic carbocycles. The molecule has 2 heterocycles. The number of nitrogens with two attached hydrogens (primary N) is 1. The van der Waals surface area contributed by atoms with Crippen molar-refractivity contribution in [3.8, 4) is 5.75 Å². The highest BCUT2D eigenvalue weighted by Gasteiger charge is 2.13. The monoisotopic (exact) mass is 332 g/mol. The van der Waals surface area contributed by atoms with Gasteiger partial charge in [-0.25, -0.2) is 4.98 Å². The predicted octanol–water partition coefficient (Wildman–Crippen LogP) is 3.63. The topological polar surface area (TPSA) is 65.4 Å². The number of methoxy groups -OCH3 is 1. The Kier molecular flexibility index (Phi) is 3.76. The van der Waals surface area contributed by atoms with Crippen LogP contribution in [0.4, 0.5) is 5.95 Å². The van der Waals surface area contributed by atoms with Gasteiger partial charge < -0.3 is 10.5 Å². The molecule has 0 unspecified atom stereocenters. The number of ether oxygens (including phenoxy) is 1. The lowest BCUT2D eigenvalue weighted by Gasteiger charge is -2.07. The van der Waals surface area contributed by atoms with E-state index < -0.39 is 0 Å². The zero-order chi connectivity index (χ0) is 17.4. The first kappa shape index (κ1) is 15.4. The van der Waals surface area contributed by atoms with Gasteiger partial charge in [0.25, 0.3) is 0 Å². The fraction of sp³-hybridized carbons (Fsp3) is 0.200. The van der Waals surface area contributed by atoms with Crippen LogP contribution in [0.3, 0.4) is 0 Å². The average Bonchev–Trinajstić information content (AvgIpc) is 3.06. The third-order valence-corrected chi connectivity index (χ3v) is 4.57. The summed E-state index contributed by atoms with van der Waals surface area (Å²) < 4.78 is 7.13. The molecule has 2 aromatic carbocycles. The Morgan fingerprint density at radius 2 is 1.88 bits per heavy atom. The van der Waals surface area contributed by atoms with Gasteiger partial charge in [0.2, 0.25) is 5.95 Å². The normalized spacial score (nSPS) is 11.3. The number of nitrogens with zero attached hydrogens (tertiary/aromatic N) is 3. The van der Waals surface area contributed by atoms with Gasteiger partial charge in [-0.3, -0.25) is 0 Å². The minimum Gasteiger partial charge on any atom is -0.494 e. The zero-order valence-corrected chi connectivity index (χ0v) is 14.4. The van der Waals surface area contributed by atoms with Crippen LogP contribution in [-0.2, 0) is 12.8 Å². The van der Waals surface area contributed by atoms with Gasteiger partial charge in [0, 0.05) is 11.8 Å². The molecule has 2 N–H and O–H groups in total. The zero-order valence-electron chi connectivity index (χ0n) is 14.4. The molecule has 0 amide bonds. The predicted molar refractivity (Wildman–Crippen MR) is 100 cm³/mol. The van der Waals surface area contributed by atoms with Crippen molar-refractivity contribution in [3.05, 3.63) is 65.4 Å². The van der Waals surface area contributed by atoms with E-state index in [9.17, 15) is 0 Å². The van der Waals surface area contributed by atoms with Crippen LogP contribution < -0.4 is 10.5 Å². The molecule has 0 radical (unpaired) electrons. The molecule has 2 aromatic heterocycles. The lowest BCUT2D eigenvalue weighted by atomic mass is 10.0. The van der Waals surface area contributed by atoms with E-state index in [2.05, 4.69) is 47.3 Å². The standard InChI is InChI=1S/C20H20N4O/c1-3-13-7-4-5-8-14(13)11-15-12-17-16-9-6-10-18(25-2)19(16)22-20(21)24(17)23-15/h4-10,12H,3,11H2,1-2H3,(H2,21,22). The number of benzene rings is 2. The quantitative estimate of drug-likeness (QED) is 0.620. The number of fused-ring (bicyclic) bond motifs is 3. The van der Waals surface area contributed by atoms with Gasteiger partial charge in [0.15, 0.2) is 0 Å². The molecule has 0 atom stereocenters. The molecule has 25 heavy (non-hydrogen) atoms. The number of rotatable bonds is 4. The second kappa shape index (κ2) is 6.09. The maximum Gasteiger partial charge on any atom is 0.222 e. The smallest absolute Gasteiger partial charge is 0.222 e. The van der Waals surface area contributed by atoms with Crippen LogP contribution >= 0.6 is 0 Å². The number of nitrogen functional groups attached to an aromatic ring is 1. The molecule has 0 bridgehead atoms. The molecule has 5 heteroatoms. The first-order chi connectivity index (χ1) is 12.2. The van der Waals surface area contributed by atoms with E-state index in [0.29, 0.717) is 11.7 Å². The molecule has 4 aromatic rings. The summed E-state index contributed by atoms with van der Waals surface area (Å²) in [4.78, 5) is 4.48. The second-order valence-corrected chi connectivity index (χ2v) is 6.06. The number of hydrogen-bond donors (Lipinski definition) is 1. The summed E-state index contributed by atoms with van der Waals surface area (Å²) in [6, 6.07) is 16.4. The third-order valence-electron chi connectivity index (χ3n) is 4.57. The molecule has 0 saturated heterocycles. The van der Waals surface area contributed by atoms with Gasteiger partial charge in [-0.05, 0) is 29.7 Å². The molecule has 0 spiro atoms. The Morgan fingerprint density at radius 1 is 1.08 bits per heavy atom. The Hall–Kier alpha value is -3.08. The summed E-state index contributed by atoms with van der Waals surface area (Å²) in [5, 5.41) is 5.66. The van der Waals surface area contributed by atoms with Crippen LogP contribution in [0.25, 0.3) is 16.4 Å². The van der Waals surface area contributed by atoms with Gasteiger partial charge in [-0.1, -0.05) is 43.3 Å². The van der Waals surface area contributed by atoms with Crippen molar-refractivity contribution in [2.45, 2.75) is 19.8 Å². The fourth-order valence-corrected chi connectivity index (χ4v) is 3.32. The number of hydrogen-bond acceptors (Lipinski definition) is 4. The van der Waals surface area contributed by atoms with E-state index in [1.165, 1.54) is 11.1 Å². The number of aromatic nitrogens is 3. The highest BCUT2D eigenvalue weighted by Crippen LogP contribution is 2.29. The molecule has 5 nitrogen and oxygen atoms in total. The Bertz CT molecular complexity index is 1070. The minimum absolute atomic E-state index is 0.363. The van der Waals surface area contributed by atoms with Gasteiger partial charge in [0.1, 0.15) is 11.3 Å². The van der Waals surface area contributed by atoms with Crippen molar-refractivity contribution in [1.82, 2.24) is 14.6 Å². The van der Waals surface area contributed by atoms with Gasteiger partial charge in [0.05, 0.1) is 18.3 Å². The maximum absolute atomic E-state index is 6.14. The van der Waals surface area contributed by atoms with E-state index in [4.69, 9.17) is 10.5 Å². The van der Waals surface area contributed by atoms with Crippen LogP contribution in [0.15, 0.2) is 48.5 Å². The summed E-state index contributed by atoms with van der Waals surface area (Å²) >= 11 is 0. The van der Waals surface area contributed by atoms with Crippen molar-refractivity contribution in [1.29, 1.82) is 0 Å². The summed E-state index contributed by atoms with van der Waals surface area (Å²) in [6.07, 6.45) is 1.78. The first-order valence-corrected chi connectivity index (χ1v) is 8.39. The third kappa shape index (κ3) is 2.58. The highest BCUT2D eigenvalue weighted by atomic mass is 16.5. The summed E-state index contributed by atoms with van der Waals surface area (Å²) in [6.45, 7) is 2.17. The summed E-state index contributed by atoms with van der Waals surface area (Å²) in [7, 11) is 1.64. The molecule has 0 aliphatic heterocycles. The summed E-state index contributed by atoms with van der Waals surface area (Å²) in [5.74, 6) is 1.08. The van der Waals surface area contributed by atoms with E-state index in [1.807, 2.05) is 18.2 Å². The largest absolute Gasteiger partial charge is 0.494 e. The van der Waals surface area contributed by atoms with E-state index in [0.717, 1.165) is 35.0 Å². The van der Waals surface area contributed by atoms with Crippen molar-refractivity contribution in [2.24, 2.45) is 0 Å². The average molecular weight is 332 g/mol. The first-order valence-electron chi connectivity index (χ1n) is 8.39. The van der Waals surface area contributed by atoms with Crippen molar-refractivity contribution < 1.29 is 4.74 Å². The summed E-state index contributed by atoms with van der Waals surface area (Å²) in [5.41, 5.74) is 11.5. The van der Waals surface area contributed by atoms with E-state index in [1.54, 1.807) is 11.6 Å². The van der Waals surface area contributed by atoms with Crippen LogP contribution in [-0.4, -0.2) is 21.7 Å². The lowest BCUT2D eigenvalue weighted by Crippen LogP contribution is -2.03. The Balaban J connectivity index is 1.88. The van der Waals surface area contributed by atoms with Gasteiger partial charge >= 0.3 is 0 Å². The minimum atomic E-state index is 0.363. The van der Waals surface area contributed by atoms with E-state index >= 15 is 0 Å². The maximum atomic E-state index is 6.14. The second-order valence-electron chi connectivity index (χ2n) is 6.06. The lowest BCUT2D eigenvalue weighted by molar-refractivity contribution is 0.419.